The number of alkyl halides is 2. The summed E-state index contributed by atoms with van der Waals surface area (Å²) >= 11 is 10.8. The molecule has 0 saturated heterocycles. The highest BCUT2D eigenvalue weighted by Gasteiger charge is 2.15. The molecule has 0 aliphatic carbocycles. The smallest absolute Gasteiger partial charge is 0.253 e. The van der Waals surface area contributed by atoms with Gasteiger partial charge in [-0.1, -0.05) is 12.1 Å². The quantitative estimate of drug-likeness (QED) is 0.638. The van der Waals surface area contributed by atoms with E-state index in [9.17, 15) is 9.59 Å². The van der Waals surface area contributed by atoms with Crippen molar-refractivity contribution >= 4 is 35.0 Å². The standard InChI is InChI=1S/C10H10Cl2N2O2/c11-5-13-9(15)7-3-1-2-4-8(7)10(16)14-6-12/h1-4H,5-6H2,(H,13,15)(H,14,16). The minimum absolute atomic E-state index is 0.00963. The van der Waals surface area contributed by atoms with Crippen molar-refractivity contribution in [2.45, 2.75) is 0 Å². The summed E-state index contributed by atoms with van der Waals surface area (Å²) in [7, 11) is 0. The third-order valence-corrected chi connectivity index (χ3v) is 2.14. The van der Waals surface area contributed by atoms with Crippen LogP contribution in [0.3, 0.4) is 0 Å². The monoisotopic (exact) mass is 260 g/mol. The van der Waals surface area contributed by atoms with Gasteiger partial charge in [0.05, 0.1) is 23.1 Å². The summed E-state index contributed by atoms with van der Waals surface area (Å²) in [5.74, 6) is -0.786. The Morgan fingerprint density at radius 3 is 1.62 bits per heavy atom. The van der Waals surface area contributed by atoms with E-state index < -0.39 is 11.8 Å². The van der Waals surface area contributed by atoms with E-state index in [1.807, 2.05) is 0 Å². The Labute approximate surface area is 103 Å². The average molecular weight is 261 g/mol. The van der Waals surface area contributed by atoms with E-state index in [1.165, 1.54) is 0 Å². The minimum atomic E-state index is -0.393. The number of carbonyl (C=O) groups excluding carboxylic acids is 2. The molecule has 6 heteroatoms. The number of nitrogens with one attached hydrogen (secondary N) is 2. The van der Waals surface area contributed by atoms with Crippen molar-refractivity contribution in [2.24, 2.45) is 0 Å². The molecule has 0 saturated carbocycles. The van der Waals surface area contributed by atoms with Gasteiger partial charge in [-0.05, 0) is 12.1 Å². The fourth-order valence-corrected chi connectivity index (χ4v) is 1.43. The lowest BCUT2D eigenvalue weighted by Crippen LogP contribution is -2.28. The first-order valence-electron chi connectivity index (χ1n) is 4.48. The van der Waals surface area contributed by atoms with Crippen LogP contribution in [0.5, 0.6) is 0 Å². The van der Waals surface area contributed by atoms with Crippen molar-refractivity contribution in [2.75, 3.05) is 12.0 Å². The van der Waals surface area contributed by atoms with Gasteiger partial charge in [-0.2, -0.15) is 0 Å². The van der Waals surface area contributed by atoms with E-state index in [0.717, 1.165) is 0 Å². The van der Waals surface area contributed by atoms with Crippen molar-refractivity contribution in [1.29, 1.82) is 0 Å². The largest absolute Gasteiger partial charge is 0.338 e. The number of halogens is 2. The Kier molecular flexibility index (Phi) is 5.08. The molecule has 0 fully saturated rings. The number of benzene rings is 1. The maximum Gasteiger partial charge on any atom is 0.253 e. The molecule has 0 unspecified atom stereocenters. The topological polar surface area (TPSA) is 58.2 Å². The first-order chi connectivity index (χ1) is 7.70. The highest BCUT2D eigenvalue weighted by Crippen LogP contribution is 2.08. The van der Waals surface area contributed by atoms with Gasteiger partial charge in [-0.3, -0.25) is 9.59 Å². The van der Waals surface area contributed by atoms with Crippen molar-refractivity contribution in [3.63, 3.8) is 0 Å². The second-order valence-corrected chi connectivity index (χ2v) is 3.36. The summed E-state index contributed by atoms with van der Waals surface area (Å²) in [6, 6.07) is 6.41. The summed E-state index contributed by atoms with van der Waals surface area (Å²) in [5.41, 5.74) is 0.538. The summed E-state index contributed by atoms with van der Waals surface area (Å²) in [5, 5.41) is 4.83. The zero-order valence-electron chi connectivity index (χ0n) is 8.30. The first kappa shape index (κ1) is 12.8. The molecular weight excluding hydrogens is 251 g/mol. The van der Waals surface area contributed by atoms with Crippen LogP contribution in [0.25, 0.3) is 0 Å². The Balaban J connectivity index is 3.00. The van der Waals surface area contributed by atoms with Crippen LogP contribution in [-0.4, -0.2) is 23.8 Å². The summed E-state index contributed by atoms with van der Waals surface area (Å²) in [6.45, 7) is 0. The van der Waals surface area contributed by atoms with Gasteiger partial charge in [-0.25, -0.2) is 0 Å². The summed E-state index contributed by atoms with van der Waals surface area (Å²) < 4.78 is 0. The lowest BCUT2D eigenvalue weighted by Gasteiger charge is -2.07. The molecule has 0 bridgehead atoms. The molecule has 1 aromatic rings. The maximum atomic E-state index is 11.6. The van der Waals surface area contributed by atoms with E-state index in [2.05, 4.69) is 10.6 Å². The molecule has 0 aromatic heterocycles. The van der Waals surface area contributed by atoms with Crippen LogP contribution in [0.2, 0.25) is 0 Å². The fraction of sp³-hybridized carbons (Fsp3) is 0.200. The Morgan fingerprint density at radius 1 is 0.938 bits per heavy atom. The van der Waals surface area contributed by atoms with Crippen molar-refractivity contribution < 1.29 is 9.59 Å². The molecule has 2 N–H and O–H groups in total. The molecule has 0 radical (unpaired) electrons. The molecule has 0 aliphatic heterocycles. The molecular formula is C10H10Cl2N2O2. The lowest BCUT2D eigenvalue weighted by molar-refractivity contribution is 0.0926. The van der Waals surface area contributed by atoms with E-state index in [1.54, 1.807) is 24.3 Å². The van der Waals surface area contributed by atoms with E-state index in [4.69, 9.17) is 23.2 Å². The normalized spacial score (nSPS) is 9.62. The third-order valence-electron chi connectivity index (χ3n) is 1.87. The van der Waals surface area contributed by atoms with Gasteiger partial charge in [0, 0.05) is 0 Å². The molecule has 1 aromatic carbocycles. The molecule has 0 atom stereocenters. The number of amides is 2. The zero-order chi connectivity index (χ0) is 12.0. The van der Waals surface area contributed by atoms with Crippen molar-refractivity contribution in [1.82, 2.24) is 10.6 Å². The highest BCUT2D eigenvalue weighted by molar-refractivity contribution is 6.20. The second kappa shape index (κ2) is 6.35. The van der Waals surface area contributed by atoms with E-state index in [-0.39, 0.29) is 23.1 Å². The molecule has 86 valence electrons. The van der Waals surface area contributed by atoms with Gasteiger partial charge in [0.15, 0.2) is 0 Å². The Bertz CT molecular complexity index is 359. The molecule has 0 aliphatic rings. The van der Waals surface area contributed by atoms with Crippen LogP contribution < -0.4 is 10.6 Å². The van der Waals surface area contributed by atoms with Gasteiger partial charge in [0.1, 0.15) is 0 Å². The number of hydrogen-bond donors (Lipinski definition) is 2. The van der Waals surface area contributed by atoms with Crippen LogP contribution >= 0.6 is 23.2 Å². The van der Waals surface area contributed by atoms with Gasteiger partial charge in [-0.15, -0.1) is 23.2 Å². The van der Waals surface area contributed by atoms with Crippen LogP contribution in [0.15, 0.2) is 24.3 Å². The van der Waals surface area contributed by atoms with Crippen LogP contribution in [0, 0.1) is 0 Å². The van der Waals surface area contributed by atoms with Crippen LogP contribution in [0.1, 0.15) is 20.7 Å². The highest BCUT2D eigenvalue weighted by atomic mass is 35.5. The predicted molar refractivity (Wildman–Crippen MR) is 62.8 cm³/mol. The van der Waals surface area contributed by atoms with Crippen molar-refractivity contribution in [3.8, 4) is 0 Å². The fourth-order valence-electron chi connectivity index (χ4n) is 1.19. The van der Waals surface area contributed by atoms with E-state index >= 15 is 0 Å². The molecule has 2 amide bonds. The van der Waals surface area contributed by atoms with Gasteiger partial charge < -0.3 is 10.6 Å². The summed E-state index contributed by atoms with van der Waals surface area (Å²) in [4.78, 5) is 23.1. The molecule has 0 spiro atoms. The molecule has 1 rings (SSSR count). The first-order valence-corrected chi connectivity index (χ1v) is 5.55. The number of rotatable bonds is 4. The van der Waals surface area contributed by atoms with Crippen LogP contribution in [-0.2, 0) is 0 Å². The average Bonchev–Trinajstić information content (AvgIpc) is 2.30. The van der Waals surface area contributed by atoms with Crippen LogP contribution in [0.4, 0.5) is 0 Å². The maximum absolute atomic E-state index is 11.6. The van der Waals surface area contributed by atoms with Gasteiger partial charge in [0.25, 0.3) is 11.8 Å². The zero-order valence-corrected chi connectivity index (χ0v) is 9.81. The Hall–Kier alpha value is -1.26. The molecule has 0 heterocycles. The third kappa shape index (κ3) is 3.12. The lowest BCUT2D eigenvalue weighted by atomic mass is 10.1. The van der Waals surface area contributed by atoms with Gasteiger partial charge >= 0.3 is 0 Å². The molecule has 16 heavy (non-hydrogen) atoms. The second-order valence-electron chi connectivity index (χ2n) is 2.82. The Morgan fingerprint density at radius 2 is 1.31 bits per heavy atom. The summed E-state index contributed by atoms with van der Waals surface area (Å²) in [6.07, 6.45) is 0. The number of hydrogen-bond acceptors (Lipinski definition) is 2. The number of carbonyl (C=O) groups is 2. The van der Waals surface area contributed by atoms with Gasteiger partial charge in [0.2, 0.25) is 0 Å². The SMILES string of the molecule is O=C(NCCl)c1ccccc1C(=O)NCCl. The molecule has 4 nitrogen and oxygen atoms in total. The van der Waals surface area contributed by atoms with E-state index in [0.29, 0.717) is 0 Å². The minimum Gasteiger partial charge on any atom is -0.338 e. The van der Waals surface area contributed by atoms with Crippen molar-refractivity contribution in [3.05, 3.63) is 35.4 Å². The predicted octanol–water partition coefficient (Wildman–Crippen LogP) is 1.54.